The molecule has 1 unspecified atom stereocenters. The zero-order valence-electron chi connectivity index (χ0n) is 18.6. The largest absolute Gasteiger partial charge is 0.493 e. The van der Waals surface area contributed by atoms with Crippen LogP contribution in [0.5, 0.6) is 11.5 Å². The lowest BCUT2D eigenvalue weighted by Gasteiger charge is -2.36. The number of rotatable bonds is 10. The molecule has 1 saturated heterocycles. The predicted molar refractivity (Wildman–Crippen MR) is 124 cm³/mol. The first-order chi connectivity index (χ1) is 15.1. The van der Waals surface area contributed by atoms with Gasteiger partial charge in [0.15, 0.2) is 11.5 Å². The standard InChI is InChI=1S/C23H32N4O3S/c1-4-18-7-5-6-12-27(18)21-14-23(26-16-25-21)31-15-22(28)24-11-10-17-8-9-19(29-2)20(13-17)30-3/h8-9,13-14,16,18H,4-7,10-12,15H2,1-3H3,(H,24,28). The highest BCUT2D eigenvalue weighted by Crippen LogP contribution is 2.28. The Labute approximate surface area is 188 Å². The fourth-order valence-corrected chi connectivity index (χ4v) is 4.56. The van der Waals surface area contributed by atoms with Crippen LogP contribution in [0, 0.1) is 0 Å². The number of amides is 1. The molecule has 0 bridgehead atoms. The highest BCUT2D eigenvalue weighted by molar-refractivity contribution is 7.99. The van der Waals surface area contributed by atoms with Gasteiger partial charge in [0, 0.05) is 25.2 Å². The number of benzene rings is 1. The van der Waals surface area contributed by atoms with Gasteiger partial charge in [0.2, 0.25) is 5.91 Å². The second kappa shape index (κ2) is 11.8. The van der Waals surface area contributed by atoms with Crippen LogP contribution in [0.1, 0.15) is 38.2 Å². The summed E-state index contributed by atoms with van der Waals surface area (Å²) in [6.07, 6.45) is 7.15. The number of thioether (sulfide) groups is 1. The third-order valence-electron chi connectivity index (χ3n) is 5.56. The van der Waals surface area contributed by atoms with Crippen LogP contribution in [0.25, 0.3) is 0 Å². The number of aromatic nitrogens is 2. The summed E-state index contributed by atoms with van der Waals surface area (Å²) in [6, 6.07) is 8.35. The minimum atomic E-state index is -0.00459. The summed E-state index contributed by atoms with van der Waals surface area (Å²) in [5.41, 5.74) is 1.08. The number of ether oxygens (including phenoxy) is 2. The van der Waals surface area contributed by atoms with Crippen LogP contribution in [0.2, 0.25) is 0 Å². The summed E-state index contributed by atoms with van der Waals surface area (Å²) < 4.78 is 10.6. The van der Waals surface area contributed by atoms with E-state index in [1.54, 1.807) is 20.5 Å². The average Bonchev–Trinajstić information content (AvgIpc) is 2.82. The lowest BCUT2D eigenvalue weighted by atomic mass is 10.0. The van der Waals surface area contributed by atoms with Crippen LogP contribution in [-0.2, 0) is 11.2 Å². The van der Waals surface area contributed by atoms with Crippen molar-refractivity contribution in [1.82, 2.24) is 15.3 Å². The molecular weight excluding hydrogens is 412 g/mol. The second-order valence-electron chi connectivity index (χ2n) is 7.54. The number of hydrogen-bond acceptors (Lipinski definition) is 7. The molecule has 0 aliphatic carbocycles. The van der Waals surface area contributed by atoms with Crippen LogP contribution in [0.4, 0.5) is 5.82 Å². The first-order valence-corrected chi connectivity index (χ1v) is 11.8. The number of nitrogens with one attached hydrogen (secondary N) is 1. The van der Waals surface area contributed by atoms with E-state index in [0.29, 0.717) is 29.8 Å². The third kappa shape index (κ3) is 6.50. The van der Waals surface area contributed by atoms with Crippen molar-refractivity contribution in [3.8, 4) is 11.5 Å². The summed E-state index contributed by atoms with van der Waals surface area (Å²) in [7, 11) is 3.23. The van der Waals surface area contributed by atoms with Gasteiger partial charge in [0.05, 0.1) is 20.0 Å². The van der Waals surface area contributed by atoms with Gasteiger partial charge in [-0.15, -0.1) is 0 Å². The van der Waals surface area contributed by atoms with Gasteiger partial charge in [-0.25, -0.2) is 9.97 Å². The van der Waals surface area contributed by atoms with Crippen LogP contribution >= 0.6 is 11.8 Å². The maximum atomic E-state index is 12.3. The van der Waals surface area contributed by atoms with E-state index in [1.807, 2.05) is 24.3 Å². The molecule has 1 aromatic heterocycles. The minimum Gasteiger partial charge on any atom is -0.493 e. The molecule has 1 atom stereocenters. The van der Waals surface area contributed by atoms with Crippen LogP contribution in [0.3, 0.4) is 0 Å². The Hall–Kier alpha value is -2.48. The van der Waals surface area contributed by atoms with Crippen molar-refractivity contribution in [2.24, 2.45) is 0 Å². The predicted octanol–water partition coefficient (Wildman–Crippen LogP) is 3.71. The fraction of sp³-hybridized carbons (Fsp3) is 0.522. The Kier molecular flexibility index (Phi) is 8.82. The number of carbonyl (C=O) groups is 1. The van der Waals surface area contributed by atoms with E-state index in [0.717, 1.165) is 35.8 Å². The number of piperidine rings is 1. The Morgan fingerprint density at radius 2 is 2.03 bits per heavy atom. The van der Waals surface area contributed by atoms with E-state index < -0.39 is 0 Å². The van der Waals surface area contributed by atoms with Gasteiger partial charge in [0.1, 0.15) is 17.2 Å². The topological polar surface area (TPSA) is 76.6 Å². The van der Waals surface area contributed by atoms with E-state index >= 15 is 0 Å². The lowest BCUT2D eigenvalue weighted by molar-refractivity contribution is -0.118. The van der Waals surface area contributed by atoms with Gasteiger partial charge in [0.25, 0.3) is 0 Å². The van der Waals surface area contributed by atoms with E-state index in [9.17, 15) is 4.79 Å². The maximum Gasteiger partial charge on any atom is 0.230 e. The van der Waals surface area contributed by atoms with Crippen molar-refractivity contribution < 1.29 is 14.3 Å². The molecule has 0 radical (unpaired) electrons. The monoisotopic (exact) mass is 444 g/mol. The SMILES string of the molecule is CCC1CCCCN1c1cc(SCC(=O)NCCc2ccc(OC)c(OC)c2)ncn1. The summed E-state index contributed by atoms with van der Waals surface area (Å²) in [5, 5.41) is 3.81. The van der Waals surface area contributed by atoms with Crippen molar-refractivity contribution in [2.75, 3.05) is 38.0 Å². The number of nitrogens with zero attached hydrogens (tertiary/aromatic N) is 3. The molecule has 1 fully saturated rings. The van der Waals surface area contributed by atoms with E-state index in [1.165, 1.54) is 31.0 Å². The summed E-state index contributed by atoms with van der Waals surface area (Å²) >= 11 is 1.45. The van der Waals surface area contributed by atoms with E-state index in [4.69, 9.17) is 9.47 Å². The molecule has 1 aromatic carbocycles. The molecule has 1 aliphatic rings. The maximum absolute atomic E-state index is 12.3. The quantitative estimate of drug-likeness (QED) is 0.442. The molecular formula is C23H32N4O3S. The first kappa shape index (κ1) is 23.2. The van der Waals surface area contributed by atoms with Crippen molar-refractivity contribution in [3.05, 3.63) is 36.2 Å². The summed E-state index contributed by atoms with van der Waals surface area (Å²) in [6.45, 7) is 3.83. The number of hydrogen-bond donors (Lipinski definition) is 1. The van der Waals surface area contributed by atoms with Gasteiger partial charge < -0.3 is 19.7 Å². The molecule has 0 saturated carbocycles. The number of carbonyl (C=O) groups excluding carboxylic acids is 1. The first-order valence-electron chi connectivity index (χ1n) is 10.8. The molecule has 3 rings (SSSR count). The van der Waals surface area contributed by atoms with E-state index in [2.05, 4.69) is 27.1 Å². The zero-order valence-corrected chi connectivity index (χ0v) is 19.4. The van der Waals surface area contributed by atoms with Gasteiger partial charge in [-0.05, 0) is 49.8 Å². The molecule has 168 valence electrons. The van der Waals surface area contributed by atoms with Crippen LogP contribution in [0.15, 0.2) is 35.6 Å². The number of anilines is 1. The molecule has 0 spiro atoms. The lowest BCUT2D eigenvalue weighted by Crippen LogP contribution is -2.39. The Morgan fingerprint density at radius 3 is 2.81 bits per heavy atom. The molecule has 31 heavy (non-hydrogen) atoms. The smallest absolute Gasteiger partial charge is 0.230 e. The molecule has 1 aliphatic heterocycles. The minimum absolute atomic E-state index is 0.00459. The van der Waals surface area contributed by atoms with Crippen LogP contribution < -0.4 is 19.7 Å². The normalized spacial score (nSPS) is 16.1. The molecule has 7 nitrogen and oxygen atoms in total. The molecule has 8 heteroatoms. The van der Waals surface area contributed by atoms with Crippen molar-refractivity contribution in [3.63, 3.8) is 0 Å². The fourth-order valence-electron chi connectivity index (χ4n) is 3.87. The van der Waals surface area contributed by atoms with Crippen molar-refractivity contribution in [2.45, 2.75) is 50.1 Å². The van der Waals surface area contributed by atoms with Crippen molar-refractivity contribution in [1.29, 1.82) is 0 Å². The van der Waals surface area contributed by atoms with Crippen molar-refractivity contribution >= 4 is 23.5 Å². The summed E-state index contributed by atoms with van der Waals surface area (Å²) in [5.74, 6) is 2.69. The highest BCUT2D eigenvalue weighted by Gasteiger charge is 2.22. The van der Waals surface area contributed by atoms with Gasteiger partial charge in [-0.2, -0.15) is 0 Å². The number of methoxy groups -OCH3 is 2. The third-order valence-corrected chi connectivity index (χ3v) is 6.48. The Bertz CT molecular complexity index is 864. The van der Waals surface area contributed by atoms with E-state index in [-0.39, 0.29) is 5.91 Å². The highest BCUT2D eigenvalue weighted by atomic mass is 32.2. The molecule has 1 N–H and O–H groups in total. The average molecular weight is 445 g/mol. The van der Waals surface area contributed by atoms with Gasteiger partial charge >= 0.3 is 0 Å². The zero-order chi connectivity index (χ0) is 22.1. The second-order valence-corrected chi connectivity index (χ2v) is 8.54. The molecule has 2 aromatic rings. The Morgan fingerprint density at radius 1 is 1.19 bits per heavy atom. The summed E-state index contributed by atoms with van der Waals surface area (Å²) in [4.78, 5) is 23.5. The Balaban J connectivity index is 1.46. The van der Waals surface area contributed by atoms with Gasteiger partial charge in [-0.1, -0.05) is 24.8 Å². The molecule has 1 amide bonds. The van der Waals surface area contributed by atoms with Crippen LogP contribution in [-0.4, -0.2) is 55.0 Å². The molecule has 2 heterocycles. The van der Waals surface area contributed by atoms with Gasteiger partial charge in [-0.3, -0.25) is 4.79 Å².